The Morgan fingerprint density at radius 1 is 1.05 bits per heavy atom. The molecule has 1 unspecified atom stereocenters. The molecule has 0 aliphatic rings. The van der Waals surface area contributed by atoms with Crippen LogP contribution in [0.4, 0.5) is 0 Å². The summed E-state index contributed by atoms with van der Waals surface area (Å²) < 4.78 is 16.5. The molecule has 0 bridgehead atoms. The molecular weight excluding hydrogens is 327 g/mol. The van der Waals surface area contributed by atoms with Crippen molar-refractivity contribution in [3.63, 3.8) is 0 Å². The molecule has 0 saturated heterocycles. The second-order valence-corrected chi connectivity index (χ2v) is 9.47. The van der Waals surface area contributed by atoms with Crippen LogP contribution >= 0.6 is 7.60 Å². The zero-order chi connectivity index (χ0) is 16.6. The van der Waals surface area contributed by atoms with E-state index in [1.54, 1.807) is 12.1 Å². The van der Waals surface area contributed by atoms with Crippen molar-refractivity contribution in [2.45, 2.75) is 58.5 Å². The van der Waals surface area contributed by atoms with E-state index in [1.165, 1.54) is 7.11 Å². The van der Waals surface area contributed by atoms with Gasteiger partial charge in [-0.3, -0.25) is 4.57 Å². The summed E-state index contributed by atoms with van der Waals surface area (Å²) in [7, 11) is -2.40. The van der Waals surface area contributed by atoms with Crippen molar-refractivity contribution in [3.8, 4) is 5.75 Å². The Kier molecular flexibility index (Phi) is 7.69. The molecule has 0 fully saturated rings. The zero-order valence-corrected chi connectivity index (χ0v) is 17.8. The molecule has 2 N–H and O–H groups in total. The largest absolute Gasteiger partial charge is 0.507 e. The molecule has 4 nitrogen and oxygen atoms in total. The summed E-state index contributed by atoms with van der Waals surface area (Å²) in [6.07, 6.45) is -0.0596. The maximum Gasteiger partial charge on any atom is 0.332 e. The molecule has 1 rings (SSSR count). The van der Waals surface area contributed by atoms with Gasteiger partial charge in [-0.15, -0.1) is 0 Å². The van der Waals surface area contributed by atoms with Crippen LogP contribution in [0.1, 0.15) is 58.2 Å². The van der Waals surface area contributed by atoms with Crippen LogP contribution in [0.5, 0.6) is 5.75 Å². The summed E-state index contributed by atoms with van der Waals surface area (Å²) in [6.45, 7) is 12.0. The van der Waals surface area contributed by atoms with Crippen molar-refractivity contribution in [3.05, 3.63) is 28.8 Å². The third-order valence-corrected chi connectivity index (χ3v) is 4.79. The third kappa shape index (κ3) is 5.81. The normalized spacial score (nSPS) is 15.1. The van der Waals surface area contributed by atoms with Gasteiger partial charge in [0, 0.05) is 44.8 Å². The summed E-state index contributed by atoms with van der Waals surface area (Å²) >= 11 is 0. The number of benzene rings is 1. The molecule has 0 amide bonds. The second-order valence-electron chi connectivity index (χ2n) is 7.52. The predicted molar refractivity (Wildman–Crippen MR) is 91.8 cm³/mol. The maximum absolute atomic E-state index is 11.8. The Morgan fingerprint density at radius 3 is 1.68 bits per heavy atom. The van der Waals surface area contributed by atoms with E-state index in [0.29, 0.717) is 5.56 Å². The SMILES string of the molecule is COP(=O)(O)Cc1cc(C(C)(C)C)c(O)c(C(C)(C)C)c1.[Ca]. The van der Waals surface area contributed by atoms with E-state index in [0.717, 1.165) is 11.1 Å². The van der Waals surface area contributed by atoms with Gasteiger partial charge in [0.15, 0.2) is 0 Å². The molecule has 0 saturated carbocycles. The van der Waals surface area contributed by atoms with Crippen LogP contribution in [-0.2, 0) is 26.1 Å². The van der Waals surface area contributed by atoms with Crippen LogP contribution in [0.15, 0.2) is 12.1 Å². The van der Waals surface area contributed by atoms with E-state index in [4.69, 9.17) is 0 Å². The molecule has 0 heterocycles. The van der Waals surface area contributed by atoms with Gasteiger partial charge >= 0.3 is 7.60 Å². The smallest absolute Gasteiger partial charge is 0.332 e. The van der Waals surface area contributed by atoms with Crippen molar-refractivity contribution in [2.75, 3.05) is 7.11 Å². The van der Waals surface area contributed by atoms with Crippen molar-refractivity contribution >= 4 is 45.3 Å². The summed E-state index contributed by atoms with van der Waals surface area (Å²) in [5, 5.41) is 10.6. The number of phenols is 1. The molecule has 1 aromatic rings. The standard InChI is InChI=1S/C16H27O4P.Ca/c1-15(2,3)12-8-11(10-21(18,19)20-7)9-13(14(12)17)16(4,5)6;/h8-9,17H,10H2,1-7H3,(H,18,19);. The van der Waals surface area contributed by atoms with Crippen molar-refractivity contribution < 1.29 is 19.1 Å². The number of aromatic hydroxyl groups is 1. The van der Waals surface area contributed by atoms with E-state index >= 15 is 0 Å². The Balaban J connectivity index is 0.00000441. The first-order valence-electron chi connectivity index (χ1n) is 7.02. The first-order chi connectivity index (χ1) is 9.28. The molecule has 0 aliphatic carbocycles. The Labute approximate surface area is 163 Å². The predicted octanol–water partition coefficient (Wildman–Crippen LogP) is 3.94. The molecular formula is C16H27CaO4P. The minimum atomic E-state index is -3.64. The molecule has 0 aromatic heterocycles. The summed E-state index contributed by atoms with van der Waals surface area (Å²) in [5.74, 6) is 0.268. The molecule has 1 aromatic carbocycles. The third-order valence-electron chi connectivity index (χ3n) is 3.45. The average Bonchev–Trinajstić information content (AvgIpc) is 2.28. The monoisotopic (exact) mass is 354 g/mol. The van der Waals surface area contributed by atoms with Gasteiger partial charge in [0.1, 0.15) is 5.75 Å². The Bertz CT molecular complexity index is 535. The topological polar surface area (TPSA) is 66.8 Å². The van der Waals surface area contributed by atoms with Gasteiger partial charge in [-0.1, -0.05) is 53.7 Å². The first kappa shape index (κ1) is 22.4. The molecule has 0 aliphatic heterocycles. The fraction of sp³-hybridized carbons (Fsp3) is 0.625. The average molecular weight is 354 g/mol. The van der Waals surface area contributed by atoms with Crippen molar-refractivity contribution in [1.29, 1.82) is 0 Å². The summed E-state index contributed by atoms with van der Waals surface area (Å²) in [4.78, 5) is 9.70. The van der Waals surface area contributed by atoms with E-state index in [-0.39, 0.29) is 60.5 Å². The van der Waals surface area contributed by atoms with Gasteiger partial charge < -0.3 is 14.5 Å². The van der Waals surface area contributed by atoms with Gasteiger partial charge in [0.05, 0.1) is 6.16 Å². The summed E-state index contributed by atoms with van der Waals surface area (Å²) in [5.41, 5.74) is 1.75. The van der Waals surface area contributed by atoms with Crippen LogP contribution in [0.25, 0.3) is 0 Å². The minimum absolute atomic E-state index is 0. The molecule has 122 valence electrons. The van der Waals surface area contributed by atoms with Crippen LogP contribution in [0.2, 0.25) is 0 Å². The van der Waals surface area contributed by atoms with Crippen molar-refractivity contribution in [1.82, 2.24) is 0 Å². The maximum atomic E-state index is 11.8. The Morgan fingerprint density at radius 2 is 1.41 bits per heavy atom. The zero-order valence-electron chi connectivity index (χ0n) is 14.7. The number of hydrogen-bond acceptors (Lipinski definition) is 3. The van der Waals surface area contributed by atoms with Crippen molar-refractivity contribution in [2.24, 2.45) is 0 Å². The number of rotatable bonds is 3. The molecule has 2 radical (unpaired) electrons. The first-order valence-corrected chi connectivity index (χ1v) is 8.78. The fourth-order valence-corrected chi connectivity index (χ4v) is 3.00. The minimum Gasteiger partial charge on any atom is -0.507 e. The quantitative estimate of drug-likeness (QED) is 0.637. The number of hydrogen-bond donors (Lipinski definition) is 2. The molecule has 0 spiro atoms. The summed E-state index contributed by atoms with van der Waals surface area (Å²) in [6, 6.07) is 3.60. The second kappa shape index (κ2) is 7.55. The van der Waals surface area contributed by atoms with Gasteiger partial charge in [0.25, 0.3) is 0 Å². The molecule has 6 heteroatoms. The number of phenolic OH excluding ortho intramolecular Hbond substituents is 1. The van der Waals surface area contributed by atoms with E-state index in [1.807, 2.05) is 41.5 Å². The van der Waals surface area contributed by atoms with Gasteiger partial charge in [0.2, 0.25) is 0 Å². The Hall–Kier alpha value is 0.430. The van der Waals surface area contributed by atoms with Gasteiger partial charge in [-0.05, 0) is 27.5 Å². The van der Waals surface area contributed by atoms with Crippen LogP contribution in [0.3, 0.4) is 0 Å². The molecule has 22 heavy (non-hydrogen) atoms. The fourth-order valence-electron chi connectivity index (χ4n) is 2.22. The molecule has 1 atom stereocenters. The van der Waals surface area contributed by atoms with E-state index < -0.39 is 7.60 Å². The van der Waals surface area contributed by atoms with Crippen LogP contribution in [-0.4, -0.2) is 54.8 Å². The van der Waals surface area contributed by atoms with E-state index in [2.05, 4.69) is 4.52 Å². The van der Waals surface area contributed by atoms with Gasteiger partial charge in [-0.2, -0.15) is 0 Å². The van der Waals surface area contributed by atoms with Crippen LogP contribution in [0, 0.1) is 0 Å². The van der Waals surface area contributed by atoms with E-state index in [9.17, 15) is 14.6 Å². The van der Waals surface area contributed by atoms with Crippen LogP contribution < -0.4 is 0 Å². The van der Waals surface area contributed by atoms with Gasteiger partial charge in [-0.25, -0.2) is 0 Å².